The molecule has 0 aliphatic rings. The Kier molecular flexibility index (Phi) is 4.69. The van der Waals surface area contributed by atoms with E-state index in [0.717, 1.165) is 10.7 Å². The van der Waals surface area contributed by atoms with Gasteiger partial charge in [-0.15, -0.1) is 11.3 Å². The molecule has 17 heavy (non-hydrogen) atoms. The van der Waals surface area contributed by atoms with E-state index in [1.807, 2.05) is 5.38 Å². The van der Waals surface area contributed by atoms with Crippen molar-refractivity contribution in [1.82, 2.24) is 10.3 Å². The highest BCUT2D eigenvalue weighted by Gasteiger charge is 2.17. The first kappa shape index (κ1) is 14.6. The molecule has 0 saturated carbocycles. The van der Waals surface area contributed by atoms with E-state index in [9.17, 15) is 8.42 Å². The lowest BCUT2D eigenvalue weighted by molar-refractivity contribution is 0.579. The van der Waals surface area contributed by atoms with Crippen molar-refractivity contribution >= 4 is 21.2 Å². The fraction of sp³-hybridized carbons (Fsp3) is 0.727. The summed E-state index contributed by atoms with van der Waals surface area (Å²) in [4.78, 5) is 4.52. The van der Waals surface area contributed by atoms with Crippen molar-refractivity contribution in [1.29, 1.82) is 0 Å². The average Bonchev–Trinajstić information content (AvgIpc) is 2.58. The standard InChI is InChI=1S/C11H20N2O2S2/c1-11(2,3)10-13-9(8-16-10)7-12-5-6-17(4,14)15/h8,12H,5-7H2,1-4H3. The van der Waals surface area contributed by atoms with Gasteiger partial charge in [0.1, 0.15) is 9.84 Å². The van der Waals surface area contributed by atoms with Gasteiger partial charge in [-0.3, -0.25) is 0 Å². The molecule has 4 nitrogen and oxygen atoms in total. The number of rotatable bonds is 5. The van der Waals surface area contributed by atoms with Gasteiger partial charge < -0.3 is 5.32 Å². The van der Waals surface area contributed by atoms with Crippen LogP contribution in [0.1, 0.15) is 31.5 Å². The van der Waals surface area contributed by atoms with Crippen molar-refractivity contribution in [3.05, 3.63) is 16.1 Å². The van der Waals surface area contributed by atoms with Gasteiger partial charge in [-0.2, -0.15) is 0 Å². The Morgan fingerprint density at radius 2 is 2.06 bits per heavy atom. The minimum absolute atomic E-state index is 0.0790. The van der Waals surface area contributed by atoms with Gasteiger partial charge in [-0.05, 0) is 0 Å². The SMILES string of the molecule is CC(C)(C)c1nc(CNCCS(C)(=O)=O)cs1. The molecular formula is C11H20N2O2S2. The van der Waals surface area contributed by atoms with Gasteiger partial charge >= 0.3 is 0 Å². The Morgan fingerprint density at radius 3 is 2.53 bits per heavy atom. The van der Waals surface area contributed by atoms with Gasteiger partial charge in [-0.1, -0.05) is 20.8 Å². The summed E-state index contributed by atoms with van der Waals surface area (Å²) in [5.74, 6) is 0.170. The first-order chi connectivity index (χ1) is 7.68. The molecule has 1 aromatic heterocycles. The molecule has 0 fully saturated rings. The molecule has 0 radical (unpaired) electrons. The molecule has 1 rings (SSSR count). The first-order valence-electron chi connectivity index (χ1n) is 5.52. The van der Waals surface area contributed by atoms with Gasteiger partial charge in [0.15, 0.2) is 0 Å². The quantitative estimate of drug-likeness (QED) is 0.830. The summed E-state index contributed by atoms with van der Waals surface area (Å²) in [5.41, 5.74) is 1.06. The molecule has 0 aromatic carbocycles. The Balaban J connectivity index is 2.41. The summed E-state index contributed by atoms with van der Waals surface area (Å²) < 4.78 is 21.8. The third kappa shape index (κ3) is 5.61. The molecule has 1 heterocycles. The number of aromatic nitrogens is 1. The molecule has 1 aromatic rings. The van der Waals surface area contributed by atoms with Crippen LogP contribution in [0, 0.1) is 0 Å². The predicted octanol–water partition coefficient (Wildman–Crippen LogP) is 1.57. The van der Waals surface area contributed by atoms with Crippen molar-refractivity contribution in [2.45, 2.75) is 32.7 Å². The second kappa shape index (κ2) is 5.46. The van der Waals surface area contributed by atoms with Crippen LogP contribution in [0.2, 0.25) is 0 Å². The molecule has 0 amide bonds. The number of nitrogens with one attached hydrogen (secondary N) is 1. The van der Waals surface area contributed by atoms with E-state index in [0.29, 0.717) is 13.1 Å². The fourth-order valence-electron chi connectivity index (χ4n) is 1.21. The first-order valence-corrected chi connectivity index (χ1v) is 8.46. The largest absolute Gasteiger partial charge is 0.310 e. The van der Waals surface area contributed by atoms with Crippen LogP contribution < -0.4 is 5.32 Å². The van der Waals surface area contributed by atoms with E-state index in [1.165, 1.54) is 6.26 Å². The van der Waals surface area contributed by atoms with Crippen LogP contribution in [0.25, 0.3) is 0 Å². The van der Waals surface area contributed by atoms with E-state index in [1.54, 1.807) is 11.3 Å². The van der Waals surface area contributed by atoms with Gasteiger partial charge in [0.05, 0.1) is 16.5 Å². The predicted molar refractivity (Wildman–Crippen MR) is 72.2 cm³/mol. The van der Waals surface area contributed by atoms with E-state index in [-0.39, 0.29) is 11.2 Å². The Bertz CT molecular complexity index is 458. The number of hydrogen-bond acceptors (Lipinski definition) is 5. The van der Waals surface area contributed by atoms with Crippen molar-refractivity contribution in [2.75, 3.05) is 18.6 Å². The normalized spacial score (nSPS) is 12.9. The molecule has 0 spiro atoms. The number of thiazole rings is 1. The molecular weight excluding hydrogens is 256 g/mol. The van der Waals surface area contributed by atoms with E-state index < -0.39 is 9.84 Å². The van der Waals surface area contributed by atoms with E-state index in [2.05, 4.69) is 31.1 Å². The van der Waals surface area contributed by atoms with Crippen LogP contribution in [-0.4, -0.2) is 32.0 Å². The number of hydrogen-bond donors (Lipinski definition) is 1. The zero-order valence-corrected chi connectivity index (χ0v) is 12.4. The molecule has 0 atom stereocenters. The van der Waals surface area contributed by atoms with Crippen molar-refractivity contribution < 1.29 is 8.42 Å². The highest BCUT2D eigenvalue weighted by atomic mass is 32.2. The molecule has 98 valence electrons. The van der Waals surface area contributed by atoms with Gasteiger partial charge in [0.25, 0.3) is 0 Å². The van der Waals surface area contributed by atoms with Crippen LogP contribution in [-0.2, 0) is 21.8 Å². The van der Waals surface area contributed by atoms with Crippen molar-refractivity contribution in [3.63, 3.8) is 0 Å². The third-order valence-corrected chi connectivity index (χ3v) is 4.41. The lowest BCUT2D eigenvalue weighted by atomic mass is 9.98. The maximum Gasteiger partial charge on any atom is 0.148 e. The van der Waals surface area contributed by atoms with Gasteiger partial charge in [0, 0.05) is 30.1 Å². The molecule has 0 aliphatic heterocycles. The Morgan fingerprint density at radius 1 is 1.41 bits per heavy atom. The Hall–Kier alpha value is -0.460. The smallest absolute Gasteiger partial charge is 0.148 e. The highest BCUT2D eigenvalue weighted by Crippen LogP contribution is 2.25. The van der Waals surface area contributed by atoms with Crippen molar-refractivity contribution in [2.24, 2.45) is 0 Å². The topological polar surface area (TPSA) is 59.1 Å². The van der Waals surface area contributed by atoms with E-state index >= 15 is 0 Å². The molecule has 6 heteroatoms. The third-order valence-electron chi connectivity index (χ3n) is 2.15. The summed E-state index contributed by atoms with van der Waals surface area (Å²) in [6.07, 6.45) is 1.25. The summed E-state index contributed by atoms with van der Waals surface area (Å²) in [5, 5.41) is 6.22. The summed E-state index contributed by atoms with van der Waals surface area (Å²) in [6, 6.07) is 0. The zero-order chi connectivity index (χ0) is 13.1. The van der Waals surface area contributed by atoms with E-state index in [4.69, 9.17) is 0 Å². The van der Waals surface area contributed by atoms with Crippen LogP contribution in [0.4, 0.5) is 0 Å². The van der Waals surface area contributed by atoms with Crippen LogP contribution >= 0.6 is 11.3 Å². The monoisotopic (exact) mass is 276 g/mol. The molecule has 0 aliphatic carbocycles. The Labute approximate surface area is 107 Å². The zero-order valence-electron chi connectivity index (χ0n) is 10.8. The minimum Gasteiger partial charge on any atom is -0.310 e. The summed E-state index contributed by atoms with van der Waals surface area (Å²) in [7, 11) is -2.88. The summed E-state index contributed by atoms with van der Waals surface area (Å²) >= 11 is 1.65. The second-order valence-corrected chi connectivity index (χ2v) is 8.32. The molecule has 1 N–H and O–H groups in total. The van der Waals surface area contributed by atoms with Gasteiger partial charge in [0.2, 0.25) is 0 Å². The van der Waals surface area contributed by atoms with Crippen LogP contribution in [0.3, 0.4) is 0 Å². The highest BCUT2D eigenvalue weighted by molar-refractivity contribution is 7.90. The van der Waals surface area contributed by atoms with Gasteiger partial charge in [-0.25, -0.2) is 13.4 Å². The lowest BCUT2D eigenvalue weighted by Crippen LogP contribution is -2.22. The lowest BCUT2D eigenvalue weighted by Gasteiger charge is -2.13. The molecule has 0 saturated heterocycles. The molecule has 0 unspecified atom stereocenters. The maximum absolute atomic E-state index is 10.9. The second-order valence-electron chi connectivity index (χ2n) is 5.20. The minimum atomic E-state index is -2.88. The summed E-state index contributed by atoms with van der Waals surface area (Å²) in [6.45, 7) is 7.50. The fourth-order valence-corrected chi connectivity index (χ4v) is 2.63. The number of nitrogens with zero attached hydrogens (tertiary/aromatic N) is 1. The van der Waals surface area contributed by atoms with Crippen LogP contribution in [0.15, 0.2) is 5.38 Å². The van der Waals surface area contributed by atoms with Crippen LogP contribution in [0.5, 0.6) is 0 Å². The molecule has 0 bridgehead atoms. The maximum atomic E-state index is 10.9. The number of sulfone groups is 1. The average molecular weight is 276 g/mol. The van der Waals surface area contributed by atoms with Crippen molar-refractivity contribution in [3.8, 4) is 0 Å².